The lowest BCUT2D eigenvalue weighted by Crippen LogP contribution is -2.59. The second-order valence-corrected chi connectivity index (χ2v) is 10.1. The van der Waals surface area contributed by atoms with Crippen molar-refractivity contribution in [2.45, 2.75) is 93.3 Å². The molecule has 0 aromatic heterocycles. The Hall–Kier alpha value is -1.89. The number of hydrogen-bond donors (Lipinski definition) is 1. The van der Waals surface area contributed by atoms with Crippen LogP contribution in [-0.4, -0.2) is 73.0 Å². The standard InChI is InChI=1S/C24H43N3O4.CH4/c1-10-31-23(30)17(4)15-19(16(2)3)27(9)22(29)20(24(5,6)7)25-21(28)18-13-11-12-14-26(18)8;/h15-16,18-20H,10-14H2,1-9H3,(H,25,28);1H4/b17-15+;/t18-,19-,20-;/m1./s1. The normalized spacial score (nSPS) is 19.6. The van der Waals surface area contributed by atoms with Gasteiger partial charge >= 0.3 is 5.97 Å². The van der Waals surface area contributed by atoms with Crippen LogP contribution in [0.4, 0.5) is 0 Å². The van der Waals surface area contributed by atoms with E-state index in [2.05, 4.69) is 10.2 Å². The van der Waals surface area contributed by atoms with E-state index in [1.807, 2.05) is 41.7 Å². The zero-order valence-corrected chi connectivity index (χ0v) is 20.9. The van der Waals surface area contributed by atoms with E-state index in [4.69, 9.17) is 4.74 Å². The zero-order valence-electron chi connectivity index (χ0n) is 20.9. The molecule has 0 aromatic rings. The summed E-state index contributed by atoms with van der Waals surface area (Å²) < 4.78 is 5.08. The lowest BCUT2D eigenvalue weighted by molar-refractivity contribution is -0.141. The first-order chi connectivity index (χ1) is 14.3. The van der Waals surface area contributed by atoms with E-state index in [0.717, 1.165) is 25.8 Å². The fraction of sp³-hybridized carbons (Fsp3) is 0.800. The smallest absolute Gasteiger partial charge is 0.333 e. The number of hydrogen-bond acceptors (Lipinski definition) is 5. The molecular formula is C25H47N3O4. The predicted octanol–water partition coefficient (Wildman–Crippen LogP) is 3.63. The molecule has 32 heavy (non-hydrogen) atoms. The third kappa shape index (κ3) is 8.23. The number of likely N-dealkylation sites (tertiary alicyclic amines) is 1. The quantitative estimate of drug-likeness (QED) is 0.448. The summed E-state index contributed by atoms with van der Waals surface area (Å²) in [6.07, 6.45) is 4.70. The van der Waals surface area contributed by atoms with Crippen LogP contribution >= 0.6 is 0 Å². The minimum Gasteiger partial charge on any atom is -0.463 e. The highest BCUT2D eigenvalue weighted by Crippen LogP contribution is 2.25. The van der Waals surface area contributed by atoms with Crippen LogP contribution in [0.5, 0.6) is 0 Å². The molecule has 0 aliphatic carbocycles. The van der Waals surface area contributed by atoms with E-state index in [0.29, 0.717) is 12.2 Å². The maximum Gasteiger partial charge on any atom is 0.333 e. The van der Waals surface area contributed by atoms with Crippen molar-refractivity contribution in [1.29, 1.82) is 0 Å². The molecule has 1 fully saturated rings. The molecule has 1 heterocycles. The Balaban J connectivity index is 0.00000961. The van der Waals surface area contributed by atoms with Crippen molar-refractivity contribution in [2.24, 2.45) is 11.3 Å². The summed E-state index contributed by atoms with van der Waals surface area (Å²) in [6, 6.07) is -1.17. The lowest BCUT2D eigenvalue weighted by Gasteiger charge is -2.39. The number of nitrogens with zero attached hydrogens (tertiary/aromatic N) is 2. The molecule has 1 aliphatic heterocycles. The summed E-state index contributed by atoms with van der Waals surface area (Å²) in [4.78, 5) is 42.4. The van der Waals surface area contributed by atoms with Crippen LogP contribution in [-0.2, 0) is 19.1 Å². The lowest BCUT2D eigenvalue weighted by atomic mass is 9.84. The van der Waals surface area contributed by atoms with Crippen LogP contribution in [0.15, 0.2) is 11.6 Å². The van der Waals surface area contributed by atoms with Crippen LogP contribution < -0.4 is 5.32 Å². The number of ether oxygens (including phenoxy) is 1. The number of nitrogens with one attached hydrogen (secondary N) is 1. The van der Waals surface area contributed by atoms with Gasteiger partial charge in [0.2, 0.25) is 11.8 Å². The van der Waals surface area contributed by atoms with Gasteiger partial charge < -0.3 is 15.0 Å². The van der Waals surface area contributed by atoms with E-state index in [9.17, 15) is 14.4 Å². The van der Waals surface area contributed by atoms with E-state index in [-0.39, 0.29) is 43.2 Å². The van der Waals surface area contributed by atoms with Gasteiger partial charge in [-0.05, 0) is 51.6 Å². The van der Waals surface area contributed by atoms with Gasteiger partial charge in [0, 0.05) is 12.6 Å². The van der Waals surface area contributed by atoms with Gasteiger partial charge in [-0.25, -0.2) is 4.79 Å². The molecule has 0 saturated carbocycles. The van der Waals surface area contributed by atoms with Crippen molar-refractivity contribution >= 4 is 17.8 Å². The van der Waals surface area contributed by atoms with E-state index >= 15 is 0 Å². The first-order valence-electron chi connectivity index (χ1n) is 11.4. The highest BCUT2D eigenvalue weighted by atomic mass is 16.5. The molecule has 1 N–H and O–H groups in total. The molecule has 7 nitrogen and oxygen atoms in total. The largest absolute Gasteiger partial charge is 0.463 e. The second kappa shape index (κ2) is 13.0. The molecule has 2 amide bonds. The highest BCUT2D eigenvalue weighted by molar-refractivity contribution is 5.91. The number of piperidine rings is 1. The van der Waals surface area contributed by atoms with E-state index in [1.54, 1.807) is 31.9 Å². The van der Waals surface area contributed by atoms with Gasteiger partial charge in [-0.15, -0.1) is 0 Å². The predicted molar refractivity (Wildman–Crippen MR) is 130 cm³/mol. The molecule has 0 aromatic carbocycles. The highest BCUT2D eigenvalue weighted by Gasteiger charge is 2.39. The van der Waals surface area contributed by atoms with Gasteiger partial charge in [0.15, 0.2) is 0 Å². The zero-order chi connectivity index (χ0) is 23.9. The maximum absolute atomic E-state index is 13.6. The van der Waals surface area contributed by atoms with Crippen LogP contribution in [0, 0.1) is 11.3 Å². The molecule has 1 rings (SSSR count). The number of amides is 2. The van der Waals surface area contributed by atoms with Crippen LogP contribution in [0.3, 0.4) is 0 Å². The maximum atomic E-state index is 13.6. The van der Waals surface area contributed by atoms with Crippen molar-refractivity contribution in [3.63, 3.8) is 0 Å². The SMILES string of the molecule is C.CCOC(=O)/C(C)=C/[C@H](C(C)C)N(C)C(=O)[C@@H](NC(=O)[C@H]1CCCCN1C)C(C)(C)C. The minimum atomic E-state index is -0.669. The molecule has 0 bridgehead atoms. The average molecular weight is 454 g/mol. The Morgan fingerprint density at radius 1 is 1.22 bits per heavy atom. The van der Waals surface area contributed by atoms with Crippen LogP contribution in [0.1, 0.15) is 75.2 Å². The second-order valence-electron chi connectivity index (χ2n) is 10.1. The summed E-state index contributed by atoms with van der Waals surface area (Å²) in [7, 11) is 3.70. The molecule has 186 valence electrons. The Bertz CT molecular complexity index is 667. The molecule has 7 heteroatoms. The fourth-order valence-corrected chi connectivity index (χ4v) is 3.96. The minimum absolute atomic E-state index is 0. The van der Waals surface area contributed by atoms with Crippen LogP contribution in [0.25, 0.3) is 0 Å². The third-order valence-electron chi connectivity index (χ3n) is 5.97. The topological polar surface area (TPSA) is 79.0 Å². The third-order valence-corrected chi connectivity index (χ3v) is 5.97. The molecule has 1 saturated heterocycles. The van der Waals surface area contributed by atoms with Gasteiger partial charge in [0.1, 0.15) is 6.04 Å². The summed E-state index contributed by atoms with van der Waals surface area (Å²) in [5, 5.41) is 3.04. The van der Waals surface area contributed by atoms with Gasteiger partial charge in [-0.3, -0.25) is 14.5 Å². The summed E-state index contributed by atoms with van der Waals surface area (Å²) in [5.41, 5.74) is 0.00994. The Labute approximate surface area is 195 Å². The summed E-state index contributed by atoms with van der Waals surface area (Å²) in [6.45, 7) is 14.5. The fourth-order valence-electron chi connectivity index (χ4n) is 3.96. The van der Waals surface area contributed by atoms with Crippen molar-refractivity contribution in [1.82, 2.24) is 15.1 Å². The van der Waals surface area contributed by atoms with E-state index in [1.165, 1.54) is 0 Å². The average Bonchev–Trinajstić information content (AvgIpc) is 2.68. The van der Waals surface area contributed by atoms with Gasteiger partial charge in [-0.1, -0.05) is 54.5 Å². The first kappa shape index (κ1) is 30.1. The monoisotopic (exact) mass is 453 g/mol. The number of carbonyl (C=O) groups excluding carboxylic acids is 3. The van der Waals surface area contributed by atoms with Crippen molar-refractivity contribution < 1.29 is 19.1 Å². The van der Waals surface area contributed by atoms with Crippen molar-refractivity contribution in [3.05, 3.63) is 11.6 Å². The Morgan fingerprint density at radius 2 is 1.81 bits per heavy atom. The Morgan fingerprint density at radius 3 is 2.28 bits per heavy atom. The molecule has 0 spiro atoms. The molecule has 1 aliphatic rings. The number of likely N-dealkylation sites (N-methyl/N-ethyl adjacent to an activating group) is 2. The number of esters is 1. The molecular weight excluding hydrogens is 406 g/mol. The summed E-state index contributed by atoms with van der Waals surface area (Å²) in [5.74, 6) is -0.553. The first-order valence-corrected chi connectivity index (χ1v) is 11.4. The van der Waals surface area contributed by atoms with Crippen molar-refractivity contribution in [2.75, 3.05) is 27.2 Å². The Kier molecular flexibility index (Phi) is 12.2. The van der Waals surface area contributed by atoms with Crippen LogP contribution in [0.2, 0.25) is 0 Å². The van der Waals surface area contributed by atoms with Gasteiger partial charge in [0.05, 0.1) is 18.7 Å². The number of carbonyl (C=O) groups is 3. The molecule has 3 atom stereocenters. The number of rotatable bonds is 8. The van der Waals surface area contributed by atoms with Gasteiger partial charge in [0.25, 0.3) is 0 Å². The van der Waals surface area contributed by atoms with E-state index < -0.39 is 11.5 Å². The van der Waals surface area contributed by atoms with Crippen molar-refractivity contribution in [3.8, 4) is 0 Å². The molecule has 0 unspecified atom stereocenters. The van der Waals surface area contributed by atoms with Gasteiger partial charge in [-0.2, -0.15) is 0 Å². The summed E-state index contributed by atoms with van der Waals surface area (Å²) >= 11 is 0. The molecule has 0 radical (unpaired) electrons.